The molecule has 314 valence electrons. The highest BCUT2D eigenvalue weighted by atomic mass is 15.1. The average molecular weight is 742 g/mol. The molecular formula is C51H101N2+. The first-order valence-corrected chi connectivity index (χ1v) is 25.3. The van der Waals surface area contributed by atoms with Crippen molar-refractivity contribution in [2.75, 3.05) is 0 Å². The maximum atomic E-state index is 3.78. The highest BCUT2D eigenvalue weighted by Gasteiger charge is 2.25. The van der Waals surface area contributed by atoms with Gasteiger partial charge in [-0.2, -0.15) is 0 Å². The van der Waals surface area contributed by atoms with Crippen molar-refractivity contribution in [3.8, 4) is 0 Å². The van der Waals surface area contributed by atoms with Gasteiger partial charge in [0.2, 0.25) is 0 Å². The molecule has 0 saturated heterocycles. The molecule has 0 aliphatic rings. The number of nitrogens with one attached hydrogen (secondary N) is 1. The Morgan fingerprint density at radius 1 is 0.358 bits per heavy atom. The summed E-state index contributed by atoms with van der Waals surface area (Å²) in [6, 6.07) is 0.616. The zero-order chi connectivity index (χ0) is 38.1. The summed E-state index contributed by atoms with van der Waals surface area (Å²) in [4.78, 5) is 3.78. The van der Waals surface area contributed by atoms with Gasteiger partial charge in [0.05, 0.1) is 12.0 Å². The minimum absolute atomic E-state index is 0.616. The Kier molecular flexibility index (Phi) is 38.7. The molecule has 0 radical (unpaired) electrons. The van der Waals surface area contributed by atoms with Crippen LogP contribution in [-0.4, -0.2) is 4.98 Å². The van der Waals surface area contributed by atoms with Crippen LogP contribution in [0.5, 0.6) is 0 Å². The molecule has 53 heavy (non-hydrogen) atoms. The standard InChI is InChI=1S/C51H100N2/c1-5-8-11-14-17-20-22-24-26-28-30-32-34-37-40-43-46-50(45-42-39-36-19-16-13-10-7-3)51-52-47-48-53(51)49(4)44-41-38-35-33-31-29-27-25-23-21-18-15-12-9-6-2/h47-50H,5-46H2,1-4H3/p+1. The van der Waals surface area contributed by atoms with Crippen molar-refractivity contribution < 1.29 is 4.57 Å². The lowest BCUT2D eigenvalue weighted by atomic mass is 9.92. The van der Waals surface area contributed by atoms with Crippen LogP contribution in [0.1, 0.15) is 315 Å². The Morgan fingerprint density at radius 3 is 0.887 bits per heavy atom. The van der Waals surface area contributed by atoms with E-state index in [1.54, 1.807) is 5.82 Å². The van der Waals surface area contributed by atoms with E-state index >= 15 is 0 Å². The largest absolute Gasteiger partial charge is 0.257 e. The first-order chi connectivity index (χ1) is 26.2. The SMILES string of the molecule is CCCCCCCCCCCCCCCCCCC(CCCCCCCCCC)c1[nH]cc[n+]1C(C)CCCCCCCCCCCCCCCCC. The average Bonchev–Trinajstić information content (AvgIpc) is 3.66. The molecule has 0 aliphatic carbocycles. The molecule has 1 aromatic heterocycles. The van der Waals surface area contributed by atoms with Gasteiger partial charge in [0.15, 0.2) is 0 Å². The van der Waals surface area contributed by atoms with Gasteiger partial charge >= 0.3 is 0 Å². The van der Waals surface area contributed by atoms with Crippen molar-refractivity contribution in [2.24, 2.45) is 0 Å². The molecule has 1 N–H and O–H groups in total. The predicted octanol–water partition coefficient (Wildman–Crippen LogP) is 18.4. The fraction of sp³-hybridized carbons (Fsp3) is 0.941. The molecule has 2 unspecified atom stereocenters. The van der Waals surface area contributed by atoms with E-state index < -0.39 is 0 Å². The summed E-state index contributed by atoms with van der Waals surface area (Å²) in [5, 5.41) is 0. The summed E-state index contributed by atoms with van der Waals surface area (Å²) >= 11 is 0. The van der Waals surface area contributed by atoms with Crippen LogP contribution in [0.25, 0.3) is 0 Å². The van der Waals surface area contributed by atoms with E-state index in [9.17, 15) is 0 Å². The fourth-order valence-corrected chi connectivity index (χ4v) is 8.90. The molecule has 2 nitrogen and oxygen atoms in total. The quantitative estimate of drug-likeness (QED) is 0.0507. The van der Waals surface area contributed by atoms with Crippen molar-refractivity contribution in [3.63, 3.8) is 0 Å². The number of nitrogens with zero attached hydrogens (tertiary/aromatic N) is 1. The summed E-state index contributed by atoms with van der Waals surface area (Å²) in [5.41, 5.74) is 0. The molecular weight excluding hydrogens is 641 g/mol. The van der Waals surface area contributed by atoms with Gasteiger partial charge in [0.1, 0.15) is 12.4 Å². The number of hydrogen-bond donors (Lipinski definition) is 1. The Morgan fingerprint density at radius 2 is 0.604 bits per heavy atom. The molecule has 0 bridgehead atoms. The van der Waals surface area contributed by atoms with Crippen molar-refractivity contribution in [3.05, 3.63) is 18.2 Å². The van der Waals surface area contributed by atoms with E-state index in [-0.39, 0.29) is 0 Å². The smallest absolute Gasteiger partial charge is 0.247 e. The third-order valence-corrected chi connectivity index (χ3v) is 12.6. The second-order valence-corrected chi connectivity index (χ2v) is 17.9. The van der Waals surface area contributed by atoms with E-state index in [4.69, 9.17) is 0 Å². The normalized spacial score (nSPS) is 12.9. The number of aromatic nitrogens is 2. The Balaban J connectivity index is 2.29. The van der Waals surface area contributed by atoms with Gasteiger partial charge in [0, 0.05) is 0 Å². The molecule has 0 aliphatic heterocycles. The van der Waals surface area contributed by atoms with E-state index in [1.165, 1.54) is 270 Å². The van der Waals surface area contributed by atoms with Crippen molar-refractivity contribution >= 4 is 0 Å². The Hall–Kier alpha value is -0.790. The lowest BCUT2D eigenvalue weighted by Gasteiger charge is -2.17. The summed E-state index contributed by atoms with van der Waals surface area (Å²) in [7, 11) is 0. The van der Waals surface area contributed by atoms with Crippen LogP contribution in [0.2, 0.25) is 0 Å². The Labute approximate surface area is 336 Å². The highest BCUT2D eigenvalue weighted by molar-refractivity contribution is 4.90. The molecule has 0 fully saturated rings. The maximum absolute atomic E-state index is 3.78. The molecule has 0 amide bonds. The third kappa shape index (κ3) is 32.0. The summed E-state index contributed by atoms with van der Waals surface area (Å²) in [5.74, 6) is 2.25. The first-order valence-electron chi connectivity index (χ1n) is 25.3. The monoisotopic (exact) mass is 742 g/mol. The molecule has 0 saturated carbocycles. The van der Waals surface area contributed by atoms with Crippen LogP contribution in [0.4, 0.5) is 0 Å². The minimum Gasteiger partial charge on any atom is -0.247 e. The number of aromatic amines is 1. The van der Waals surface area contributed by atoms with Gasteiger partial charge < -0.3 is 0 Å². The van der Waals surface area contributed by atoms with Gasteiger partial charge in [0.25, 0.3) is 5.82 Å². The number of rotatable bonds is 44. The van der Waals surface area contributed by atoms with Crippen LogP contribution in [0.3, 0.4) is 0 Å². The van der Waals surface area contributed by atoms with Crippen LogP contribution in [-0.2, 0) is 0 Å². The zero-order valence-electron chi connectivity index (χ0n) is 37.5. The topological polar surface area (TPSA) is 19.7 Å². The van der Waals surface area contributed by atoms with Gasteiger partial charge in [-0.25, -0.2) is 9.55 Å². The molecule has 1 aromatic rings. The second-order valence-electron chi connectivity index (χ2n) is 17.9. The predicted molar refractivity (Wildman–Crippen MR) is 239 cm³/mol. The highest BCUT2D eigenvalue weighted by Crippen LogP contribution is 2.28. The van der Waals surface area contributed by atoms with Crippen molar-refractivity contribution in [1.82, 2.24) is 4.98 Å². The molecule has 0 aromatic carbocycles. The molecule has 1 rings (SSSR count). The second kappa shape index (κ2) is 40.9. The van der Waals surface area contributed by atoms with E-state index in [1.807, 2.05) is 0 Å². The van der Waals surface area contributed by atoms with Gasteiger partial charge in [-0.3, -0.25) is 0 Å². The number of H-pyrrole nitrogens is 1. The van der Waals surface area contributed by atoms with Crippen LogP contribution >= 0.6 is 0 Å². The van der Waals surface area contributed by atoms with Gasteiger partial charge in [-0.15, -0.1) is 0 Å². The van der Waals surface area contributed by atoms with Crippen LogP contribution in [0, 0.1) is 0 Å². The first kappa shape index (κ1) is 50.2. The van der Waals surface area contributed by atoms with Crippen LogP contribution in [0.15, 0.2) is 12.4 Å². The number of unbranched alkanes of at least 4 members (excludes halogenated alkanes) is 36. The van der Waals surface area contributed by atoms with Crippen molar-refractivity contribution in [2.45, 2.75) is 309 Å². The molecule has 1 heterocycles. The van der Waals surface area contributed by atoms with Gasteiger partial charge in [-0.1, -0.05) is 265 Å². The molecule has 0 spiro atoms. The fourth-order valence-electron chi connectivity index (χ4n) is 8.90. The van der Waals surface area contributed by atoms with Crippen LogP contribution < -0.4 is 4.57 Å². The zero-order valence-corrected chi connectivity index (χ0v) is 37.5. The number of hydrogen-bond acceptors (Lipinski definition) is 0. The summed E-state index contributed by atoms with van der Waals surface area (Å²) in [6.45, 7) is 9.45. The molecule has 2 heteroatoms. The molecule has 2 atom stereocenters. The third-order valence-electron chi connectivity index (χ3n) is 12.6. The maximum Gasteiger partial charge on any atom is 0.257 e. The van der Waals surface area contributed by atoms with E-state index in [0.29, 0.717) is 12.0 Å². The Bertz CT molecular complexity index is 813. The lowest BCUT2D eigenvalue weighted by Crippen LogP contribution is -2.41. The summed E-state index contributed by atoms with van der Waals surface area (Å²) in [6.07, 6.45) is 65.1. The minimum atomic E-state index is 0.616. The van der Waals surface area contributed by atoms with Gasteiger partial charge in [-0.05, 0) is 32.6 Å². The van der Waals surface area contributed by atoms with E-state index in [2.05, 4.69) is 49.6 Å². The lowest BCUT2D eigenvalue weighted by molar-refractivity contribution is -0.727. The summed E-state index contributed by atoms with van der Waals surface area (Å²) < 4.78 is 2.66. The number of imidazole rings is 1. The van der Waals surface area contributed by atoms with E-state index in [0.717, 1.165) is 0 Å². The van der Waals surface area contributed by atoms with Crippen molar-refractivity contribution in [1.29, 1.82) is 0 Å².